The number of ether oxygens (including phenoxy) is 1. The van der Waals surface area contributed by atoms with Gasteiger partial charge in [0, 0.05) is 31.5 Å². The molecule has 2 heterocycles. The smallest absolute Gasteiger partial charge is 0.244 e. The van der Waals surface area contributed by atoms with Crippen molar-refractivity contribution in [2.45, 2.75) is 11.4 Å². The van der Waals surface area contributed by atoms with Gasteiger partial charge in [0.15, 0.2) is 0 Å². The summed E-state index contributed by atoms with van der Waals surface area (Å²) in [6.45, 7) is 0.566. The van der Waals surface area contributed by atoms with Crippen LogP contribution in [-0.4, -0.2) is 36.3 Å². The molecule has 7 nitrogen and oxygen atoms in total. The van der Waals surface area contributed by atoms with Gasteiger partial charge in [-0.3, -0.25) is 0 Å². The highest BCUT2D eigenvalue weighted by molar-refractivity contribution is 7.89. The van der Waals surface area contributed by atoms with Crippen molar-refractivity contribution in [3.63, 3.8) is 0 Å². The van der Waals surface area contributed by atoms with E-state index in [0.717, 1.165) is 17.8 Å². The number of nitrogens with zero attached hydrogens (tertiary/aromatic N) is 3. The van der Waals surface area contributed by atoms with Crippen molar-refractivity contribution in [2.75, 3.05) is 13.7 Å². The van der Waals surface area contributed by atoms with E-state index in [0.29, 0.717) is 6.54 Å². The third-order valence-corrected chi connectivity index (χ3v) is 4.87. The van der Waals surface area contributed by atoms with Crippen molar-refractivity contribution in [1.29, 1.82) is 0 Å². The molecule has 3 aromatic rings. The monoisotopic (exact) mass is 338 g/mol. The lowest BCUT2D eigenvalue weighted by Crippen LogP contribution is -2.27. The van der Waals surface area contributed by atoms with E-state index in [2.05, 4.69) is 9.82 Å². The molecule has 0 bridgehead atoms. The minimum Gasteiger partial charge on any atom is -0.495 e. The van der Waals surface area contributed by atoms with E-state index < -0.39 is 15.8 Å². The third-order valence-electron chi connectivity index (χ3n) is 3.39. The van der Waals surface area contributed by atoms with E-state index in [9.17, 15) is 12.8 Å². The number of fused-ring (bicyclic) bond motifs is 1. The zero-order valence-corrected chi connectivity index (χ0v) is 13.1. The first-order valence-electron chi connectivity index (χ1n) is 6.83. The second-order valence-electron chi connectivity index (χ2n) is 4.82. The van der Waals surface area contributed by atoms with Crippen molar-refractivity contribution >= 4 is 15.7 Å². The maximum atomic E-state index is 13.3. The number of aromatic nitrogens is 3. The van der Waals surface area contributed by atoms with Gasteiger partial charge in [-0.1, -0.05) is 0 Å². The van der Waals surface area contributed by atoms with Crippen LogP contribution in [0.2, 0.25) is 0 Å². The lowest BCUT2D eigenvalue weighted by Gasteiger charge is -2.11. The molecule has 0 atom stereocenters. The van der Waals surface area contributed by atoms with Crippen LogP contribution in [-0.2, 0) is 16.6 Å². The van der Waals surface area contributed by atoms with Crippen LogP contribution in [0, 0.1) is 5.82 Å². The average molecular weight is 338 g/mol. The molecule has 3 rings (SSSR count). The van der Waals surface area contributed by atoms with Crippen molar-refractivity contribution in [1.82, 2.24) is 18.9 Å². The van der Waals surface area contributed by atoms with E-state index >= 15 is 0 Å². The SMILES string of the molecule is COc1ccc(F)cc1S(=O)(=O)NCCn1ccn2nccc12. The zero-order valence-electron chi connectivity index (χ0n) is 12.3. The molecule has 0 amide bonds. The third kappa shape index (κ3) is 3.06. The molecule has 122 valence electrons. The van der Waals surface area contributed by atoms with Crippen molar-refractivity contribution in [3.8, 4) is 5.75 Å². The van der Waals surface area contributed by atoms with Gasteiger partial charge < -0.3 is 9.30 Å². The molecule has 1 N–H and O–H groups in total. The van der Waals surface area contributed by atoms with E-state index in [1.807, 2.05) is 10.6 Å². The van der Waals surface area contributed by atoms with Crippen molar-refractivity contribution in [2.24, 2.45) is 0 Å². The number of nitrogens with one attached hydrogen (secondary N) is 1. The fourth-order valence-corrected chi connectivity index (χ4v) is 3.50. The van der Waals surface area contributed by atoms with E-state index in [-0.39, 0.29) is 17.2 Å². The second kappa shape index (κ2) is 6.01. The van der Waals surface area contributed by atoms with Gasteiger partial charge in [0.1, 0.15) is 22.1 Å². The minimum absolute atomic E-state index is 0.0954. The number of benzene rings is 1. The summed E-state index contributed by atoms with van der Waals surface area (Å²) in [4.78, 5) is -0.220. The van der Waals surface area contributed by atoms with Crippen LogP contribution >= 0.6 is 0 Å². The summed E-state index contributed by atoms with van der Waals surface area (Å²) in [6.07, 6.45) is 5.24. The summed E-state index contributed by atoms with van der Waals surface area (Å²) in [7, 11) is -2.53. The Balaban J connectivity index is 1.74. The normalized spacial score (nSPS) is 11.9. The van der Waals surface area contributed by atoms with Crippen LogP contribution in [0.15, 0.2) is 47.8 Å². The predicted octanol–water partition coefficient (Wildman–Crippen LogP) is 1.26. The molecule has 1 aromatic carbocycles. The Morgan fingerprint density at radius 2 is 2.13 bits per heavy atom. The molecule has 0 unspecified atom stereocenters. The Bertz CT molecular complexity index is 933. The summed E-state index contributed by atoms with van der Waals surface area (Å²) in [5.74, 6) is -0.546. The van der Waals surface area contributed by atoms with Crippen LogP contribution in [0.1, 0.15) is 0 Å². The van der Waals surface area contributed by atoms with Crippen LogP contribution in [0.25, 0.3) is 5.65 Å². The van der Waals surface area contributed by atoms with Gasteiger partial charge in [-0.15, -0.1) is 0 Å². The van der Waals surface area contributed by atoms with Gasteiger partial charge in [0.2, 0.25) is 10.0 Å². The van der Waals surface area contributed by atoms with Gasteiger partial charge in [-0.25, -0.2) is 22.0 Å². The maximum Gasteiger partial charge on any atom is 0.244 e. The summed E-state index contributed by atoms with van der Waals surface area (Å²) >= 11 is 0. The molecule has 0 aliphatic carbocycles. The lowest BCUT2D eigenvalue weighted by atomic mass is 10.3. The fourth-order valence-electron chi connectivity index (χ4n) is 2.30. The van der Waals surface area contributed by atoms with Crippen molar-refractivity contribution < 1.29 is 17.5 Å². The van der Waals surface area contributed by atoms with Crippen molar-refractivity contribution in [3.05, 3.63) is 48.7 Å². The Morgan fingerprint density at radius 1 is 1.30 bits per heavy atom. The highest BCUT2D eigenvalue weighted by atomic mass is 32.2. The van der Waals surface area contributed by atoms with Crippen LogP contribution in [0.5, 0.6) is 5.75 Å². The Hall–Kier alpha value is -2.39. The highest BCUT2D eigenvalue weighted by Crippen LogP contribution is 2.24. The highest BCUT2D eigenvalue weighted by Gasteiger charge is 2.20. The quantitative estimate of drug-likeness (QED) is 0.734. The van der Waals surface area contributed by atoms with Crippen LogP contribution in [0.4, 0.5) is 4.39 Å². The van der Waals surface area contributed by atoms with E-state index in [1.54, 1.807) is 23.1 Å². The molecule has 0 fully saturated rings. The van der Waals surface area contributed by atoms with E-state index in [4.69, 9.17) is 4.74 Å². The molecule has 0 aliphatic rings. The molecule has 23 heavy (non-hydrogen) atoms. The number of sulfonamides is 1. The first-order valence-corrected chi connectivity index (χ1v) is 8.31. The summed E-state index contributed by atoms with van der Waals surface area (Å²) in [6, 6.07) is 5.19. The number of rotatable bonds is 6. The number of hydrogen-bond donors (Lipinski definition) is 1. The van der Waals surface area contributed by atoms with E-state index in [1.165, 1.54) is 13.2 Å². The fraction of sp³-hybridized carbons (Fsp3) is 0.214. The lowest BCUT2D eigenvalue weighted by molar-refractivity contribution is 0.400. The number of methoxy groups -OCH3 is 1. The number of halogens is 1. The van der Waals surface area contributed by atoms with Gasteiger partial charge >= 0.3 is 0 Å². The Kier molecular flexibility index (Phi) is 4.05. The second-order valence-corrected chi connectivity index (χ2v) is 6.55. The number of hydrogen-bond acceptors (Lipinski definition) is 4. The summed E-state index contributed by atoms with van der Waals surface area (Å²) < 4.78 is 49.0. The Morgan fingerprint density at radius 3 is 2.91 bits per heavy atom. The summed E-state index contributed by atoms with van der Waals surface area (Å²) in [5, 5.41) is 4.08. The molecule has 0 saturated carbocycles. The molecule has 2 aromatic heterocycles. The Labute approximate surface area is 132 Å². The molecular formula is C14H15FN4O3S. The van der Waals surface area contributed by atoms with Gasteiger partial charge in [-0.2, -0.15) is 5.10 Å². The largest absolute Gasteiger partial charge is 0.495 e. The standard InChI is InChI=1S/C14H15FN4O3S/c1-22-12-3-2-11(15)10-13(12)23(20,21)17-6-7-18-8-9-19-14(18)4-5-16-19/h2-5,8-10,17H,6-7H2,1H3. The van der Waals surface area contributed by atoms with Crippen LogP contribution in [0.3, 0.4) is 0 Å². The molecule has 0 radical (unpaired) electrons. The van der Waals surface area contributed by atoms with Gasteiger partial charge in [0.05, 0.1) is 13.3 Å². The molecule has 0 saturated heterocycles. The molecule has 0 spiro atoms. The predicted molar refractivity (Wildman–Crippen MR) is 81.3 cm³/mol. The number of imidazole rings is 1. The summed E-state index contributed by atoms with van der Waals surface area (Å²) in [5.41, 5.74) is 0.854. The topological polar surface area (TPSA) is 77.6 Å². The minimum atomic E-state index is -3.87. The van der Waals surface area contributed by atoms with Gasteiger partial charge in [0.25, 0.3) is 0 Å². The molecule has 0 aliphatic heterocycles. The first-order chi connectivity index (χ1) is 11.0. The molecular weight excluding hydrogens is 323 g/mol. The van der Waals surface area contributed by atoms with Crippen LogP contribution < -0.4 is 9.46 Å². The maximum absolute atomic E-state index is 13.3. The molecule has 9 heteroatoms. The zero-order chi connectivity index (χ0) is 16.4. The average Bonchev–Trinajstić information content (AvgIpc) is 3.12. The first kappa shape index (κ1) is 15.5. The van der Waals surface area contributed by atoms with Gasteiger partial charge in [-0.05, 0) is 18.2 Å².